The molecule has 0 atom stereocenters. The highest BCUT2D eigenvalue weighted by Crippen LogP contribution is 2.25. The molecular formula is C21H26FN3O2. The number of anilines is 1. The van der Waals surface area contributed by atoms with Gasteiger partial charge in [0.1, 0.15) is 5.82 Å². The van der Waals surface area contributed by atoms with Crippen LogP contribution in [0.4, 0.5) is 14.9 Å². The minimum atomic E-state index is -0.544. The summed E-state index contributed by atoms with van der Waals surface area (Å²) in [5.74, 6) is -0.538. The third-order valence-electron chi connectivity index (χ3n) is 4.12. The van der Waals surface area contributed by atoms with E-state index in [9.17, 15) is 14.0 Å². The van der Waals surface area contributed by atoms with Gasteiger partial charge in [0.05, 0.1) is 0 Å². The van der Waals surface area contributed by atoms with Crippen molar-refractivity contribution in [1.29, 1.82) is 0 Å². The van der Waals surface area contributed by atoms with Crippen LogP contribution in [0.1, 0.15) is 43.6 Å². The number of benzene rings is 2. The second kappa shape index (κ2) is 8.66. The van der Waals surface area contributed by atoms with E-state index in [2.05, 4.69) is 16.0 Å². The van der Waals surface area contributed by atoms with E-state index in [4.69, 9.17) is 0 Å². The van der Waals surface area contributed by atoms with Crippen LogP contribution in [-0.4, -0.2) is 24.5 Å². The zero-order valence-corrected chi connectivity index (χ0v) is 16.1. The second-order valence-corrected chi connectivity index (χ2v) is 7.38. The molecule has 5 nitrogen and oxygen atoms in total. The minimum absolute atomic E-state index is 0.0351. The maximum absolute atomic E-state index is 14.0. The Kier molecular flexibility index (Phi) is 6.55. The molecule has 0 bridgehead atoms. The summed E-state index contributed by atoms with van der Waals surface area (Å²) >= 11 is 0. The SMILES string of the molecule is CC(C)NC(=O)Nc1ccc(C(=O)NCC(C)(C)c2ccccc2F)cc1. The molecule has 0 aliphatic rings. The molecule has 0 radical (unpaired) electrons. The molecule has 0 aliphatic carbocycles. The molecule has 0 unspecified atom stereocenters. The third kappa shape index (κ3) is 5.81. The molecule has 3 amide bonds. The molecule has 0 aliphatic heterocycles. The number of halogens is 1. The number of carbonyl (C=O) groups is 2. The Balaban J connectivity index is 1.96. The summed E-state index contributed by atoms with van der Waals surface area (Å²) in [6.45, 7) is 7.80. The van der Waals surface area contributed by atoms with Gasteiger partial charge in [0.25, 0.3) is 5.91 Å². The first-order valence-corrected chi connectivity index (χ1v) is 8.90. The first kappa shape index (κ1) is 20.4. The molecule has 6 heteroatoms. The summed E-state index contributed by atoms with van der Waals surface area (Å²) in [6, 6.07) is 12.9. The topological polar surface area (TPSA) is 70.2 Å². The number of hydrogen-bond donors (Lipinski definition) is 3. The van der Waals surface area contributed by atoms with Crippen LogP contribution in [0.2, 0.25) is 0 Å². The van der Waals surface area contributed by atoms with E-state index in [1.807, 2.05) is 27.7 Å². The molecule has 144 valence electrons. The Hall–Kier alpha value is -2.89. The molecule has 3 N–H and O–H groups in total. The summed E-state index contributed by atoms with van der Waals surface area (Å²) in [4.78, 5) is 24.1. The molecule has 2 aromatic rings. The number of rotatable bonds is 6. The highest BCUT2D eigenvalue weighted by molar-refractivity contribution is 5.95. The van der Waals surface area contributed by atoms with Crippen molar-refractivity contribution in [1.82, 2.24) is 10.6 Å². The maximum atomic E-state index is 14.0. The number of nitrogens with one attached hydrogen (secondary N) is 3. The molecule has 0 aromatic heterocycles. The van der Waals surface area contributed by atoms with E-state index in [1.165, 1.54) is 6.07 Å². The van der Waals surface area contributed by atoms with E-state index >= 15 is 0 Å². The van der Waals surface area contributed by atoms with Crippen molar-refractivity contribution in [2.75, 3.05) is 11.9 Å². The summed E-state index contributed by atoms with van der Waals surface area (Å²) in [5.41, 5.74) is 1.07. The fraction of sp³-hybridized carbons (Fsp3) is 0.333. The maximum Gasteiger partial charge on any atom is 0.319 e. The van der Waals surface area contributed by atoms with Crippen LogP contribution in [0, 0.1) is 5.82 Å². The van der Waals surface area contributed by atoms with Gasteiger partial charge in [-0.15, -0.1) is 0 Å². The van der Waals surface area contributed by atoms with Gasteiger partial charge in [-0.05, 0) is 49.7 Å². The van der Waals surface area contributed by atoms with Gasteiger partial charge in [0.15, 0.2) is 0 Å². The highest BCUT2D eigenvalue weighted by atomic mass is 19.1. The van der Waals surface area contributed by atoms with Crippen LogP contribution in [0.3, 0.4) is 0 Å². The monoisotopic (exact) mass is 371 g/mol. The van der Waals surface area contributed by atoms with Crippen molar-refractivity contribution in [2.24, 2.45) is 0 Å². The Labute approximate surface area is 159 Å². The van der Waals surface area contributed by atoms with Crippen molar-refractivity contribution in [3.05, 3.63) is 65.5 Å². The van der Waals surface area contributed by atoms with Gasteiger partial charge in [-0.3, -0.25) is 4.79 Å². The largest absolute Gasteiger partial charge is 0.351 e. The first-order valence-electron chi connectivity index (χ1n) is 8.90. The molecule has 2 rings (SSSR count). The highest BCUT2D eigenvalue weighted by Gasteiger charge is 2.24. The number of urea groups is 1. The van der Waals surface area contributed by atoms with Crippen LogP contribution in [0.5, 0.6) is 0 Å². The zero-order chi connectivity index (χ0) is 20.0. The van der Waals surface area contributed by atoms with Crippen LogP contribution in [0.25, 0.3) is 0 Å². The fourth-order valence-electron chi connectivity index (χ4n) is 2.64. The van der Waals surface area contributed by atoms with E-state index < -0.39 is 5.41 Å². The Bertz CT molecular complexity index is 801. The van der Waals surface area contributed by atoms with Crippen LogP contribution < -0.4 is 16.0 Å². The van der Waals surface area contributed by atoms with Crippen molar-refractivity contribution in [3.63, 3.8) is 0 Å². The average Bonchev–Trinajstić information content (AvgIpc) is 2.60. The van der Waals surface area contributed by atoms with Gasteiger partial charge in [0, 0.05) is 29.3 Å². The molecule has 0 fully saturated rings. The minimum Gasteiger partial charge on any atom is -0.351 e. The van der Waals surface area contributed by atoms with Crippen molar-refractivity contribution < 1.29 is 14.0 Å². The Morgan fingerprint density at radius 1 is 1.04 bits per heavy atom. The smallest absolute Gasteiger partial charge is 0.319 e. The Morgan fingerprint density at radius 3 is 2.26 bits per heavy atom. The number of hydrogen-bond acceptors (Lipinski definition) is 2. The normalized spacial score (nSPS) is 11.2. The fourth-order valence-corrected chi connectivity index (χ4v) is 2.64. The van der Waals surface area contributed by atoms with Gasteiger partial charge >= 0.3 is 6.03 Å². The van der Waals surface area contributed by atoms with E-state index in [1.54, 1.807) is 42.5 Å². The first-order chi connectivity index (χ1) is 12.7. The quantitative estimate of drug-likeness (QED) is 0.716. The van der Waals surface area contributed by atoms with Crippen LogP contribution in [0.15, 0.2) is 48.5 Å². The summed E-state index contributed by atoms with van der Waals surface area (Å²) < 4.78 is 14.0. The molecule has 2 aromatic carbocycles. The molecule has 0 saturated carbocycles. The number of amides is 3. The molecular weight excluding hydrogens is 345 g/mol. The molecule has 27 heavy (non-hydrogen) atoms. The lowest BCUT2D eigenvalue weighted by Gasteiger charge is -2.26. The van der Waals surface area contributed by atoms with E-state index in [0.29, 0.717) is 23.4 Å². The Morgan fingerprint density at radius 2 is 1.67 bits per heavy atom. The zero-order valence-electron chi connectivity index (χ0n) is 16.1. The van der Waals surface area contributed by atoms with E-state index in [0.717, 1.165) is 0 Å². The number of carbonyl (C=O) groups excluding carboxylic acids is 2. The molecule has 0 saturated heterocycles. The lowest BCUT2D eigenvalue weighted by Crippen LogP contribution is -2.37. The van der Waals surface area contributed by atoms with Gasteiger partial charge in [-0.1, -0.05) is 32.0 Å². The molecule has 0 spiro atoms. The standard InChI is InChI=1S/C21H26FN3O2/c1-14(2)24-20(27)25-16-11-9-15(10-12-16)19(26)23-13-21(3,4)17-7-5-6-8-18(17)22/h5-12,14H,13H2,1-4H3,(H,23,26)(H2,24,25,27). The van der Waals surface area contributed by atoms with Crippen LogP contribution >= 0.6 is 0 Å². The van der Waals surface area contributed by atoms with Gasteiger partial charge in [-0.2, -0.15) is 0 Å². The summed E-state index contributed by atoms with van der Waals surface area (Å²) in [7, 11) is 0. The molecule has 0 heterocycles. The van der Waals surface area contributed by atoms with Crippen molar-refractivity contribution in [2.45, 2.75) is 39.2 Å². The van der Waals surface area contributed by atoms with Crippen LogP contribution in [-0.2, 0) is 5.41 Å². The lowest BCUT2D eigenvalue weighted by molar-refractivity contribution is 0.0945. The van der Waals surface area contributed by atoms with Crippen molar-refractivity contribution >= 4 is 17.6 Å². The average molecular weight is 371 g/mol. The second-order valence-electron chi connectivity index (χ2n) is 7.38. The van der Waals surface area contributed by atoms with Crippen molar-refractivity contribution in [3.8, 4) is 0 Å². The van der Waals surface area contributed by atoms with Gasteiger partial charge in [0.2, 0.25) is 0 Å². The summed E-state index contributed by atoms with van der Waals surface area (Å²) in [6.07, 6.45) is 0. The predicted octanol–water partition coefficient (Wildman–Crippen LogP) is 4.06. The third-order valence-corrected chi connectivity index (χ3v) is 4.12. The lowest BCUT2D eigenvalue weighted by atomic mass is 9.84. The predicted molar refractivity (Wildman–Crippen MR) is 105 cm³/mol. The van der Waals surface area contributed by atoms with E-state index in [-0.39, 0.29) is 23.8 Å². The van der Waals surface area contributed by atoms with Gasteiger partial charge in [-0.25, -0.2) is 9.18 Å². The summed E-state index contributed by atoms with van der Waals surface area (Å²) in [5, 5.41) is 8.27. The van der Waals surface area contributed by atoms with Gasteiger partial charge < -0.3 is 16.0 Å².